The van der Waals surface area contributed by atoms with Gasteiger partial charge in [0.2, 0.25) is 0 Å². The number of aromatic nitrogens is 3. The number of sulfone groups is 1. The van der Waals surface area contributed by atoms with Gasteiger partial charge >= 0.3 is 6.18 Å². The van der Waals surface area contributed by atoms with Gasteiger partial charge in [-0.2, -0.15) is 18.3 Å². The van der Waals surface area contributed by atoms with E-state index >= 15 is 0 Å². The minimum Gasteiger partial charge on any atom is -0.482 e. The zero-order valence-corrected chi connectivity index (χ0v) is 21.8. The lowest BCUT2D eigenvalue weighted by Crippen LogP contribution is -2.16. The summed E-state index contributed by atoms with van der Waals surface area (Å²) in [6.45, 7) is 1.75. The van der Waals surface area contributed by atoms with E-state index in [2.05, 4.69) is 15.4 Å². The number of amides is 1. The first-order valence-corrected chi connectivity index (χ1v) is 13.3. The molecule has 0 spiro atoms. The molecule has 2 aromatic heterocycles. The summed E-state index contributed by atoms with van der Waals surface area (Å²) in [5, 5.41) is 6.66. The van der Waals surface area contributed by atoms with Crippen LogP contribution >= 0.6 is 0 Å². The van der Waals surface area contributed by atoms with Gasteiger partial charge < -0.3 is 15.8 Å². The van der Waals surface area contributed by atoms with E-state index < -0.39 is 44.0 Å². The van der Waals surface area contributed by atoms with Gasteiger partial charge in [0, 0.05) is 48.1 Å². The van der Waals surface area contributed by atoms with Crippen LogP contribution in [-0.4, -0.2) is 35.3 Å². The van der Waals surface area contributed by atoms with Crippen molar-refractivity contribution in [2.24, 2.45) is 7.05 Å². The van der Waals surface area contributed by atoms with Crippen molar-refractivity contribution in [2.45, 2.75) is 24.1 Å². The number of nitrogens with one attached hydrogen (secondary N) is 1. The van der Waals surface area contributed by atoms with Gasteiger partial charge in [0.05, 0.1) is 16.7 Å². The van der Waals surface area contributed by atoms with Crippen molar-refractivity contribution in [1.82, 2.24) is 14.8 Å². The summed E-state index contributed by atoms with van der Waals surface area (Å²) in [7, 11) is -2.21. The molecule has 2 heterocycles. The zero-order chi connectivity index (χ0) is 28.5. The molecule has 0 radical (unpaired) electrons. The molecule has 0 aliphatic rings. The molecule has 39 heavy (non-hydrogen) atoms. The summed E-state index contributed by atoms with van der Waals surface area (Å²) < 4.78 is 71.5. The van der Waals surface area contributed by atoms with Crippen molar-refractivity contribution in [1.29, 1.82) is 0 Å². The predicted molar refractivity (Wildman–Crippen MR) is 139 cm³/mol. The second-order valence-electron chi connectivity index (χ2n) is 8.87. The quantitative estimate of drug-likeness (QED) is 0.330. The summed E-state index contributed by atoms with van der Waals surface area (Å²) in [5.41, 5.74) is 6.77. The Morgan fingerprint density at radius 1 is 1.10 bits per heavy atom. The highest BCUT2D eigenvalue weighted by Gasteiger charge is 2.33. The highest BCUT2D eigenvalue weighted by molar-refractivity contribution is 7.90. The van der Waals surface area contributed by atoms with E-state index in [1.807, 2.05) is 6.20 Å². The van der Waals surface area contributed by atoms with Gasteiger partial charge in [-0.15, -0.1) is 0 Å². The van der Waals surface area contributed by atoms with E-state index in [0.29, 0.717) is 23.4 Å². The van der Waals surface area contributed by atoms with E-state index in [-0.39, 0.29) is 11.5 Å². The van der Waals surface area contributed by atoms with Crippen LogP contribution in [0.3, 0.4) is 0 Å². The maximum atomic E-state index is 13.3. The Balaban J connectivity index is 1.56. The molecule has 0 bridgehead atoms. The van der Waals surface area contributed by atoms with Gasteiger partial charge in [-0.25, -0.2) is 13.4 Å². The number of aryl methyl sites for hydroxylation is 1. The molecule has 9 nitrogen and oxygen atoms in total. The van der Waals surface area contributed by atoms with Crippen LogP contribution in [-0.2, 0) is 23.1 Å². The van der Waals surface area contributed by atoms with E-state index in [1.54, 1.807) is 55.3 Å². The highest BCUT2D eigenvalue weighted by Crippen LogP contribution is 2.33. The third-order valence-electron chi connectivity index (χ3n) is 5.76. The second kappa shape index (κ2) is 10.4. The maximum Gasteiger partial charge on any atom is 0.416 e. The molecule has 1 amide bonds. The molecule has 0 unspecified atom stereocenters. The number of ether oxygens (including phenoxy) is 1. The van der Waals surface area contributed by atoms with Gasteiger partial charge in [-0.3, -0.25) is 9.48 Å². The third-order valence-corrected chi connectivity index (χ3v) is 6.85. The Morgan fingerprint density at radius 2 is 1.85 bits per heavy atom. The summed E-state index contributed by atoms with van der Waals surface area (Å²) in [4.78, 5) is 16.4. The summed E-state index contributed by atoms with van der Waals surface area (Å²) >= 11 is 0. The first-order chi connectivity index (χ1) is 18.2. The van der Waals surface area contributed by atoms with Gasteiger partial charge in [0.25, 0.3) is 5.91 Å². The van der Waals surface area contributed by atoms with E-state index in [4.69, 9.17) is 10.5 Å². The molecule has 0 saturated carbocycles. The molecule has 1 atom stereocenters. The summed E-state index contributed by atoms with van der Waals surface area (Å²) in [6, 6.07) is 10.2. The molecule has 0 fully saturated rings. The molecule has 4 rings (SSSR count). The fraction of sp³-hybridized carbons (Fsp3) is 0.192. The molecule has 4 aromatic rings. The lowest BCUT2D eigenvalue weighted by molar-refractivity contribution is -0.137. The monoisotopic (exact) mass is 559 g/mol. The van der Waals surface area contributed by atoms with Crippen LogP contribution in [0.25, 0.3) is 11.1 Å². The van der Waals surface area contributed by atoms with Crippen molar-refractivity contribution < 1.29 is 31.1 Å². The molecule has 0 aliphatic carbocycles. The number of pyridine rings is 1. The number of alkyl halides is 3. The fourth-order valence-corrected chi connectivity index (χ4v) is 4.40. The average Bonchev–Trinajstić information content (AvgIpc) is 3.30. The van der Waals surface area contributed by atoms with E-state index in [1.165, 1.54) is 6.07 Å². The molecular formula is C26H24F3N5O4S. The number of carbonyl (C=O) groups excluding carboxylic acids is 1. The van der Waals surface area contributed by atoms with Crippen LogP contribution in [0.2, 0.25) is 0 Å². The number of nitrogens with zero attached hydrogens (tertiary/aromatic N) is 3. The Kier molecular flexibility index (Phi) is 7.37. The maximum absolute atomic E-state index is 13.3. The molecule has 2 aromatic carbocycles. The minimum atomic E-state index is -4.84. The van der Waals surface area contributed by atoms with Crippen LogP contribution in [0.1, 0.15) is 34.5 Å². The van der Waals surface area contributed by atoms with Crippen LogP contribution in [0.15, 0.2) is 72.0 Å². The van der Waals surface area contributed by atoms with Crippen molar-refractivity contribution in [3.63, 3.8) is 0 Å². The van der Waals surface area contributed by atoms with Crippen molar-refractivity contribution in [3.05, 3.63) is 83.8 Å². The normalized spacial score (nSPS) is 12.7. The first-order valence-electron chi connectivity index (χ1n) is 11.5. The Labute approximate surface area is 222 Å². The third kappa shape index (κ3) is 6.55. The summed E-state index contributed by atoms with van der Waals surface area (Å²) in [6.07, 6.45) is 0.465. The van der Waals surface area contributed by atoms with Crippen LogP contribution in [0.5, 0.6) is 5.75 Å². The molecular weight excluding hydrogens is 535 g/mol. The topological polar surface area (TPSA) is 129 Å². The van der Waals surface area contributed by atoms with Gasteiger partial charge in [-0.05, 0) is 48.9 Å². The van der Waals surface area contributed by atoms with Gasteiger partial charge in [-0.1, -0.05) is 12.1 Å². The van der Waals surface area contributed by atoms with E-state index in [0.717, 1.165) is 23.4 Å². The van der Waals surface area contributed by atoms with Gasteiger partial charge in [0.1, 0.15) is 6.10 Å². The SMILES string of the molecule is C[C@@H](Oc1cc(-c2cnn(C)c2)cnc1N)c1cccc(NC(=O)c2cc(C(F)(F)F)cc(S(C)(=O)=O)c2)c1. The van der Waals surface area contributed by atoms with E-state index in [9.17, 15) is 26.4 Å². The number of halogens is 3. The van der Waals surface area contributed by atoms with Crippen molar-refractivity contribution >= 4 is 27.2 Å². The van der Waals surface area contributed by atoms with Gasteiger partial charge in [0.15, 0.2) is 21.4 Å². The highest BCUT2D eigenvalue weighted by atomic mass is 32.2. The molecule has 3 N–H and O–H groups in total. The number of anilines is 2. The Bertz CT molecular complexity index is 1650. The molecule has 0 aliphatic heterocycles. The lowest BCUT2D eigenvalue weighted by atomic mass is 10.1. The lowest BCUT2D eigenvalue weighted by Gasteiger charge is -2.18. The minimum absolute atomic E-state index is 0.171. The second-order valence-corrected chi connectivity index (χ2v) is 10.9. The van der Waals surface area contributed by atoms with Crippen molar-refractivity contribution in [2.75, 3.05) is 17.3 Å². The fourth-order valence-electron chi connectivity index (χ4n) is 3.72. The number of hydrogen-bond donors (Lipinski definition) is 2. The summed E-state index contributed by atoms with van der Waals surface area (Å²) in [5.74, 6) is -0.407. The number of carbonyl (C=O) groups is 1. The number of benzene rings is 2. The molecule has 0 saturated heterocycles. The predicted octanol–water partition coefficient (Wildman–Crippen LogP) is 4.88. The standard InChI is InChI=1S/C26H24F3N5O4S/c1-15(38-23-10-18(12-31-24(23)30)19-13-32-34(2)14-19)16-5-4-6-21(8-16)33-25(35)17-7-20(26(27,28)29)11-22(9-17)39(3,36)37/h4-15H,1-3H3,(H2,30,31)(H,33,35)/t15-/m1/s1. The number of hydrogen-bond acceptors (Lipinski definition) is 7. The molecule has 204 valence electrons. The number of nitrogen functional groups attached to an aromatic ring is 1. The largest absolute Gasteiger partial charge is 0.482 e. The Hall–Kier alpha value is -4.39. The number of nitrogens with two attached hydrogens (primary N) is 1. The molecule has 13 heteroatoms. The smallest absolute Gasteiger partial charge is 0.416 e. The van der Waals surface area contributed by atoms with Crippen LogP contribution < -0.4 is 15.8 Å². The first kappa shape index (κ1) is 27.6. The Morgan fingerprint density at radius 3 is 2.49 bits per heavy atom. The number of rotatable bonds is 7. The average molecular weight is 560 g/mol. The van der Waals surface area contributed by atoms with Crippen LogP contribution in [0.4, 0.5) is 24.7 Å². The van der Waals surface area contributed by atoms with Crippen molar-refractivity contribution in [3.8, 4) is 16.9 Å². The van der Waals surface area contributed by atoms with Crippen LogP contribution in [0, 0.1) is 0 Å². The zero-order valence-electron chi connectivity index (χ0n) is 21.0.